The van der Waals surface area contributed by atoms with Crippen LogP contribution in [0.3, 0.4) is 0 Å². The molecular weight excluding hydrogens is 308 g/mol. The van der Waals surface area contributed by atoms with Crippen molar-refractivity contribution < 1.29 is 14.3 Å². The predicted octanol–water partition coefficient (Wildman–Crippen LogP) is 0.939. The highest BCUT2D eigenvalue weighted by atomic mass is 35.5. The van der Waals surface area contributed by atoms with E-state index in [0.29, 0.717) is 31.7 Å². The number of amides is 1. The Bertz CT molecular complexity index is 518. The van der Waals surface area contributed by atoms with Crippen LogP contribution in [0.4, 0.5) is 0 Å². The zero-order valence-corrected chi connectivity index (χ0v) is 13.7. The lowest BCUT2D eigenvalue weighted by Gasteiger charge is -2.15. The number of nitrogens with zero attached hydrogens (tertiary/aromatic N) is 1. The summed E-state index contributed by atoms with van der Waals surface area (Å²) in [5, 5.41) is 13.1. The van der Waals surface area contributed by atoms with E-state index in [4.69, 9.17) is 4.74 Å². The molecule has 0 aromatic carbocycles. The van der Waals surface area contributed by atoms with Crippen LogP contribution in [-0.4, -0.2) is 41.3 Å². The van der Waals surface area contributed by atoms with Gasteiger partial charge in [-0.3, -0.25) is 14.7 Å². The van der Waals surface area contributed by atoms with Crippen molar-refractivity contribution in [2.75, 3.05) is 13.2 Å². The summed E-state index contributed by atoms with van der Waals surface area (Å²) in [5.41, 5.74) is 2.41. The molecule has 2 heterocycles. The smallest absolute Gasteiger partial charge is 0.305 e. The molecule has 0 bridgehead atoms. The standard InChI is InChI=1S/C14H22N4O3.ClH/c1-3-21-12(19)5-4-9(2)16-14(20)13-10-8-15-7-6-11(10)17-18-13;/h9,15H,3-8H2,1-2H3,(H,16,20)(H,17,18);1H. The van der Waals surface area contributed by atoms with E-state index in [1.54, 1.807) is 6.92 Å². The van der Waals surface area contributed by atoms with Crippen LogP contribution in [0.25, 0.3) is 0 Å². The van der Waals surface area contributed by atoms with Crippen molar-refractivity contribution in [3.63, 3.8) is 0 Å². The second kappa shape index (κ2) is 8.75. The van der Waals surface area contributed by atoms with Gasteiger partial charge in [-0.15, -0.1) is 12.4 Å². The van der Waals surface area contributed by atoms with E-state index in [2.05, 4.69) is 20.8 Å². The van der Waals surface area contributed by atoms with Gasteiger partial charge >= 0.3 is 5.97 Å². The van der Waals surface area contributed by atoms with Crippen molar-refractivity contribution >= 4 is 24.3 Å². The zero-order chi connectivity index (χ0) is 15.2. The first-order chi connectivity index (χ1) is 10.1. The first-order valence-corrected chi connectivity index (χ1v) is 7.35. The molecule has 124 valence electrons. The molecule has 1 atom stereocenters. The number of carbonyl (C=O) groups is 2. The molecule has 22 heavy (non-hydrogen) atoms. The van der Waals surface area contributed by atoms with E-state index in [-0.39, 0.29) is 30.3 Å². The minimum Gasteiger partial charge on any atom is -0.466 e. The maximum Gasteiger partial charge on any atom is 0.305 e. The molecule has 0 spiro atoms. The van der Waals surface area contributed by atoms with Crippen LogP contribution in [0.1, 0.15) is 48.4 Å². The topological polar surface area (TPSA) is 96.1 Å². The largest absolute Gasteiger partial charge is 0.466 e. The number of nitrogens with one attached hydrogen (secondary N) is 3. The molecule has 8 heteroatoms. The number of aromatic amines is 1. The number of H-pyrrole nitrogens is 1. The summed E-state index contributed by atoms with van der Waals surface area (Å²) < 4.78 is 4.87. The van der Waals surface area contributed by atoms with Crippen LogP contribution in [0, 0.1) is 0 Å². The van der Waals surface area contributed by atoms with E-state index in [1.165, 1.54) is 0 Å². The van der Waals surface area contributed by atoms with Crippen molar-refractivity contribution in [1.82, 2.24) is 20.8 Å². The Labute approximate surface area is 136 Å². The molecule has 0 aliphatic carbocycles. The number of aromatic nitrogens is 2. The Kier molecular flexibility index (Phi) is 7.34. The van der Waals surface area contributed by atoms with Gasteiger partial charge in [-0.25, -0.2) is 0 Å². The SMILES string of the molecule is CCOC(=O)CCC(C)NC(=O)c1n[nH]c2c1CNCC2.Cl. The Morgan fingerprint density at radius 2 is 2.23 bits per heavy atom. The number of carbonyl (C=O) groups excluding carboxylic acids is 2. The Morgan fingerprint density at radius 1 is 1.45 bits per heavy atom. The summed E-state index contributed by atoms with van der Waals surface area (Å²) in [6.07, 6.45) is 1.71. The zero-order valence-electron chi connectivity index (χ0n) is 12.9. The molecule has 1 aliphatic rings. The summed E-state index contributed by atoms with van der Waals surface area (Å²) in [6.45, 7) is 5.58. The molecule has 0 fully saturated rings. The predicted molar refractivity (Wildman–Crippen MR) is 84.0 cm³/mol. The number of fused-ring (bicyclic) bond motifs is 1. The summed E-state index contributed by atoms with van der Waals surface area (Å²) in [5.74, 6) is -0.437. The van der Waals surface area contributed by atoms with Crippen molar-refractivity contribution in [3.05, 3.63) is 17.0 Å². The third-order valence-corrected chi connectivity index (χ3v) is 3.49. The molecule has 0 saturated carbocycles. The summed E-state index contributed by atoms with van der Waals surface area (Å²) in [4.78, 5) is 23.5. The van der Waals surface area contributed by atoms with Gasteiger partial charge in [0.05, 0.1) is 6.61 Å². The average molecular weight is 331 g/mol. The van der Waals surface area contributed by atoms with Gasteiger partial charge in [-0.2, -0.15) is 5.10 Å². The molecule has 2 rings (SSSR count). The van der Waals surface area contributed by atoms with Crippen LogP contribution in [0.15, 0.2) is 0 Å². The fourth-order valence-corrected chi connectivity index (χ4v) is 2.34. The first kappa shape index (κ1) is 18.4. The van der Waals surface area contributed by atoms with Gasteiger partial charge in [-0.05, 0) is 20.3 Å². The molecule has 7 nitrogen and oxygen atoms in total. The molecule has 1 aromatic heterocycles. The van der Waals surface area contributed by atoms with E-state index in [0.717, 1.165) is 24.2 Å². The fourth-order valence-electron chi connectivity index (χ4n) is 2.34. The third kappa shape index (κ3) is 4.71. The highest BCUT2D eigenvalue weighted by Gasteiger charge is 2.22. The second-order valence-electron chi connectivity index (χ2n) is 5.17. The number of rotatable bonds is 6. The normalized spacial score (nSPS) is 14.5. The van der Waals surface area contributed by atoms with Crippen molar-refractivity contribution in [1.29, 1.82) is 0 Å². The van der Waals surface area contributed by atoms with Gasteiger partial charge in [0.15, 0.2) is 5.69 Å². The minimum atomic E-state index is -0.236. The van der Waals surface area contributed by atoms with Gasteiger partial charge in [0.25, 0.3) is 5.91 Å². The van der Waals surface area contributed by atoms with E-state index in [9.17, 15) is 9.59 Å². The lowest BCUT2D eigenvalue weighted by atomic mass is 10.1. The van der Waals surface area contributed by atoms with Crippen molar-refractivity contribution in [2.24, 2.45) is 0 Å². The quantitative estimate of drug-likeness (QED) is 0.675. The Morgan fingerprint density at radius 3 is 2.95 bits per heavy atom. The highest BCUT2D eigenvalue weighted by Crippen LogP contribution is 2.15. The van der Waals surface area contributed by atoms with Crippen LogP contribution in [-0.2, 0) is 22.5 Å². The monoisotopic (exact) mass is 330 g/mol. The van der Waals surface area contributed by atoms with E-state index in [1.807, 2.05) is 6.92 Å². The summed E-state index contributed by atoms with van der Waals surface area (Å²) in [6, 6.07) is -0.106. The van der Waals surface area contributed by atoms with E-state index >= 15 is 0 Å². The number of halogens is 1. The molecule has 1 aromatic rings. The highest BCUT2D eigenvalue weighted by molar-refractivity contribution is 5.94. The summed E-state index contributed by atoms with van der Waals surface area (Å²) in [7, 11) is 0. The van der Waals surface area contributed by atoms with Crippen LogP contribution < -0.4 is 10.6 Å². The Hall–Kier alpha value is -1.60. The van der Waals surface area contributed by atoms with Gasteiger partial charge in [0, 0.05) is 43.2 Å². The van der Waals surface area contributed by atoms with Crippen LogP contribution >= 0.6 is 12.4 Å². The molecule has 3 N–H and O–H groups in total. The number of hydrogen-bond donors (Lipinski definition) is 3. The maximum atomic E-state index is 12.2. The molecular formula is C14H23ClN4O3. The number of ether oxygens (including phenoxy) is 1. The molecule has 1 aliphatic heterocycles. The summed E-state index contributed by atoms with van der Waals surface area (Å²) >= 11 is 0. The fraction of sp³-hybridized carbons (Fsp3) is 0.643. The molecule has 0 saturated heterocycles. The molecule has 1 amide bonds. The third-order valence-electron chi connectivity index (χ3n) is 3.49. The van der Waals surface area contributed by atoms with Gasteiger partial charge in [0.1, 0.15) is 0 Å². The second-order valence-corrected chi connectivity index (χ2v) is 5.17. The van der Waals surface area contributed by atoms with Crippen LogP contribution in [0.5, 0.6) is 0 Å². The van der Waals surface area contributed by atoms with Crippen molar-refractivity contribution in [2.45, 2.75) is 45.7 Å². The van der Waals surface area contributed by atoms with E-state index < -0.39 is 0 Å². The van der Waals surface area contributed by atoms with Crippen molar-refractivity contribution in [3.8, 4) is 0 Å². The lowest BCUT2D eigenvalue weighted by Crippen LogP contribution is -2.34. The maximum absolute atomic E-state index is 12.2. The van der Waals surface area contributed by atoms with Crippen LogP contribution in [0.2, 0.25) is 0 Å². The Balaban J connectivity index is 0.00000242. The number of hydrogen-bond acceptors (Lipinski definition) is 5. The van der Waals surface area contributed by atoms with Gasteiger partial charge < -0.3 is 15.4 Å². The van der Waals surface area contributed by atoms with Gasteiger partial charge in [-0.1, -0.05) is 0 Å². The minimum absolute atomic E-state index is 0. The average Bonchev–Trinajstić information content (AvgIpc) is 2.89. The number of esters is 1. The first-order valence-electron chi connectivity index (χ1n) is 7.35. The van der Waals surface area contributed by atoms with Gasteiger partial charge in [0.2, 0.25) is 0 Å². The molecule has 0 radical (unpaired) electrons. The lowest BCUT2D eigenvalue weighted by molar-refractivity contribution is -0.143. The molecule has 1 unspecified atom stereocenters.